The van der Waals surface area contributed by atoms with Gasteiger partial charge < -0.3 is 10.1 Å². The van der Waals surface area contributed by atoms with Gasteiger partial charge in [0.25, 0.3) is 5.91 Å². The van der Waals surface area contributed by atoms with Crippen LogP contribution in [0, 0.1) is 11.3 Å². The van der Waals surface area contributed by atoms with Gasteiger partial charge in [-0.2, -0.15) is 9.57 Å². The molecule has 0 atom stereocenters. The Labute approximate surface area is 168 Å². The third kappa shape index (κ3) is 4.99. The molecule has 8 nitrogen and oxygen atoms in total. The molecule has 2 aromatic rings. The van der Waals surface area contributed by atoms with Crippen molar-refractivity contribution >= 4 is 27.6 Å². The summed E-state index contributed by atoms with van der Waals surface area (Å²) in [7, 11) is -3.65. The van der Waals surface area contributed by atoms with Gasteiger partial charge in [-0.15, -0.1) is 0 Å². The number of hydrogen-bond donors (Lipinski definition) is 1. The van der Waals surface area contributed by atoms with E-state index in [2.05, 4.69) is 5.32 Å². The fourth-order valence-corrected chi connectivity index (χ4v) is 4.46. The van der Waals surface area contributed by atoms with Crippen molar-refractivity contribution < 1.29 is 22.7 Å². The maximum atomic E-state index is 12.6. The predicted molar refractivity (Wildman–Crippen MR) is 105 cm³/mol. The first-order valence-corrected chi connectivity index (χ1v) is 10.4. The molecule has 2 aromatic carbocycles. The second kappa shape index (κ2) is 8.86. The van der Waals surface area contributed by atoms with Crippen molar-refractivity contribution in [1.82, 2.24) is 4.31 Å². The summed E-state index contributed by atoms with van der Waals surface area (Å²) in [6.45, 7) is 0.404. The van der Waals surface area contributed by atoms with Crippen LogP contribution >= 0.6 is 0 Å². The lowest BCUT2D eigenvalue weighted by Gasteiger charge is -2.15. The van der Waals surface area contributed by atoms with Gasteiger partial charge in [0.15, 0.2) is 6.61 Å². The van der Waals surface area contributed by atoms with Crippen molar-refractivity contribution in [2.24, 2.45) is 0 Å². The number of nitrogens with one attached hydrogen (secondary N) is 1. The van der Waals surface area contributed by atoms with Gasteiger partial charge in [-0.05, 0) is 55.3 Å². The lowest BCUT2D eigenvalue weighted by atomic mass is 10.2. The van der Waals surface area contributed by atoms with Crippen LogP contribution in [0.2, 0.25) is 0 Å². The van der Waals surface area contributed by atoms with E-state index in [4.69, 9.17) is 10.00 Å². The van der Waals surface area contributed by atoms with E-state index in [1.807, 2.05) is 6.07 Å². The summed E-state index contributed by atoms with van der Waals surface area (Å²) in [5, 5.41) is 11.3. The van der Waals surface area contributed by atoms with Crippen LogP contribution in [0.1, 0.15) is 28.8 Å². The number of anilines is 1. The van der Waals surface area contributed by atoms with Crippen molar-refractivity contribution in [3.8, 4) is 6.07 Å². The normalized spacial score (nSPS) is 14.2. The average Bonchev–Trinajstić information content (AvgIpc) is 3.28. The van der Waals surface area contributed by atoms with Crippen LogP contribution in [-0.4, -0.2) is 44.3 Å². The van der Waals surface area contributed by atoms with Crippen molar-refractivity contribution in [2.75, 3.05) is 25.0 Å². The molecule has 1 saturated heterocycles. The lowest BCUT2D eigenvalue weighted by Crippen LogP contribution is -2.28. The zero-order valence-corrected chi connectivity index (χ0v) is 16.3. The molecule has 150 valence electrons. The van der Waals surface area contributed by atoms with E-state index in [1.54, 1.807) is 24.3 Å². The summed E-state index contributed by atoms with van der Waals surface area (Å²) in [5.74, 6) is -1.35. The standard InChI is InChI=1S/C20H19N3O5S/c21-13-15-6-8-17(9-7-15)22-19(24)14-28-20(25)16-4-3-5-18(12-16)29(26,27)23-10-1-2-11-23/h3-9,12H,1-2,10-11,14H2,(H,22,24). The number of nitrogens with zero attached hydrogens (tertiary/aromatic N) is 2. The largest absolute Gasteiger partial charge is 0.452 e. The first-order chi connectivity index (χ1) is 13.9. The van der Waals surface area contributed by atoms with Crippen molar-refractivity contribution in [1.29, 1.82) is 5.26 Å². The van der Waals surface area contributed by atoms with Crippen LogP contribution in [0.4, 0.5) is 5.69 Å². The molecule has 0 spiro atoms. The SMILES string of the molecule is N#Cc1ccc(NC(=O)COC(=O)c2cccc(S(=O)(=O)N3CCCC3)c2)cc1. The Kier molecular flexibility index (Phi) is 6.26. The van der Waals surface area contributed by atoms with Gasteiger partial charge in [0, 0.05) is 18.8 Å². The smallest absolute Gasteiger partial charge is 0.338 e. The molecule has 0 unspecified atom stereocenters. The minimum Gasteiger partial charge on any atom is -0.452 e. The Bertz CT molecular complexity index is 1050. The molecule has 29 heavy (non-hydrogen) atoms. The van der Waals surface area contributed by atoms with E-state index >= 15 is 0 Å². The molecule has 0 saturated carbocycles. The number of amides is 1. The topological polar surface area (TPSA) is 117 Å². The van der Waals surface area contributed by atoms with Crippen LogP contribution in [0.5, 0.6) is 0 Å². The van der Waals surface area contributed by atoms with Crippen LogP contribution in [0.15, 0.2) is 53.4 Å². The number of carbonyl (C=O) groups is 2. The zero-order chi connectivity index (χ0) is 20.9. The number of hydrogen-bond acceptors (Lipinski definition) is 6. The first-order valence-electron chi connectivity index (χ1n) is 8.97. The van der Waals surface area contributed by atoms with E-state index in [0.717, 1.165) is 12.8 Å². The maximum absolute atomic E-state index is 12.6. The Balaban J connectivity index is 1.60. The van der Waals surface area contributed by atoms with E-state index in [-0.39, 0.29) is 10.5 Å². The minimum absolute atomic E-state index is 0.0240. The van der Waals surface area contributed by atoms with Gasteiger partial charge >= 0.3 is 5.97 Å². The minimum atomic E-state index is -3.65. The molecular weight excluding hydrogens is 394 g/mol. The highest BCUT2D eigenvalue weighted by Gasteiger charge is 2.27. The molecular formula is C20H19N3O5S. The molecule has 0 aromatic heterocycles. The van der Waals surface area contributed by atoms with E-state index < -0.39 is 28.5 Å². The molecule has 0 bridgehead atoms. The molecule has 1 amide bonds. The van der Waals surface area contributed by atoms with Crippen molar-refractivity contribution in [3.63, 3.8) is 0 Å². The van der Waals surface area contributed by atoms with Crippen LogP contribution in [0.25, 0.3) is 0 Å². The number of sulfonamides is 1. The van der Waals surface area contributed by atoms with Gasteiger partial charge in [0.05, 0.1) is 22.1 Å². The Hall–Kier alpha value is -3.22. The number of ether oxygens (including phenoxy) is 1. The van der Waals surface area contributed by atoms with Gasteiger partial charge in [0.2, 0.25) is 10.0 Å². The number of benzene rings is 2. The van der Waals surface area contributed by atoms with Crippen LogP contribution < -0.4 is 5.32 Å². The predicted octanol–water partition coefficient (Wildman–Crippen LogP) is 2.14. The zero-order valence-electron chi connectivity index (χ0n) is 15.5. The van der Waals surface area contributed by atoms with Gasteiger partial charge in [-0.1, -0.05) is 6.07 Å². The highest BCUT2D eigenvalue weighted by atomic mass is 32.2. The van der Waals surface area contributed by atoms with Crippen LogP contribution in [0.3, 0.4) is 0 Å². The Morgan fingerprint density at radius 2 is 1.79 bits per heavy atom. The molecule has 1 N–H and O–H groups in total. The second-order valence-corrected chi connectivity index (χ2v) is 8.39. The molecule has 3 rings (SSSR count). The highest BCUT2D eigenvalue weighted by Crippen LogP contribution is 2.21. The monoisotopic (exact) mass is 413 g/mol. The maximum Gasteiger partial charge on any atom is 0.338 e. The summed E-state index contributed by atoms with van der Waals surface area (Å²) in [5.41, 5.74) is 0.971. The van der Waals surface area contributed by atoms with Crippen molar-refractivity contribution in [3.05, 3.63) is 59.7 Å². The summed E-state index contributed by atoms with van der Waals surface area (Å²) in [6, 6.07) is 13.8. The summed E-state index contributed by atoms with van der Waals surface area (Å²) >= 11 is 0. The third-order valence-corrected chi connectivity index (χ3v) is 6.30. The molecule has 0 radical (unpaired) electrons. The highest BCUT2D eigenvalue weighted by molar-refractivity contribution is 7.89. The fourth-order valence-electron chi connectivity index (χ4n) is 2.90. The van der Waals surface area contributed by atoms with Gasteiger partial charge in [-0.25, -0.2) is 13.2 Å². The number of carbonyl (C=O) groups excluding carboxylic acids is 2. The van der Waals surface area contributed by atoms with E-state index in [0.29, 0.717) is 24.3 Å². The second-order valence-electron chi connectivity index (χ2n) is 6.45. The van der Waals surface area contributed by atoms with E-state index in [9.17, 15) is 18.0 Å². The summed E-state index contributed by atoms with van der Waals surface area (Å²) in [4.78, 5) is 24.2. The summed E-state index contributed by atoms with van der Waals surface area (Å²) < 4.78 is 31.6. The molecule has 1 aliphatic rings. The molecule has 0 aliphatic carbocycles. The Morgan fingerprint density at radius 1 is 1.10 bits per heavy atom. The molecule has 1 aliphatic heterocycles. The summed E-state index contributed by atoms with van der Waals surface area (Å²) in [6.07, 6.45) is 1.63. The number of rotatable bonds is 6. The molecule has 1 heterocycles. The van der Waals surface area contributed by atoms with Crippen LogP contribution in [-0.2, 0) is 19.6 Å². The molecule has 9 heteroatoms. The van der Waals surface area contributed by atoms with E-state index in [1.165, 1.54) is 28.6 Å². The van der Waals surface area contributed by atoms with Gasteiger partial charge in [0.1, 0.15) is 0 Å². The Morgan fingerprint density at radius 3 is 2.45 bits per heavy atom. The molecule has 1 fully saturated rings. The number of esters is 1. The number of nitriles is 1. The van der Waals surface area contributed by atoms with Gasteiger partial charge in [-0.3, -0.25) is 4.79 Å². The quantitative estimate of drug-likeness (QED) is 0.725. The fraction of sp³-hybridized carbons (Fsp3) is 0.250. The van der Waals surface area contributed by atoms with Crippen molar-refractivity contribution in [2.45, 2.75) is 17.7 Å². The lowest BCUT2D eigenvalue weighted by molar-refractivity contribution is -0.119. The third-order valence-electron chi connectivity index (χ3n) is 4.40. The first kappa shape index (κ1) is 20.5. The average molecular weight is 413 g/mol.